The maximum atomic E-state index is 10.0. The fraction of sp³-hybridized carbons (Fsp3) is 0.353. The third kappa shape index (κ3) is 2.34. The van der Waals surface area contributed by atoms with E-state index >= 15 is 0 Å². The minimum Gasteiger partial charge on any atom is -0.531 e. The van der Waals surface area contributed by atoms with Gasteiger partial charge in [-0.2, -0.15) is 0 Å². The Balaban J connectivity index is 1.65. The summed E-state index contributed by atoms with van der Waals surface area (Å²) in [6.45, 7) is 8.24. The molecule has 0 aromatic carbocycles. The van der Waals surface area contributed by atoms with E-state index in [2.05, 4.69) is 28.4 Å². The van der Waals surface area contributed by atoms with Gasteiger partial charge in [0.2, 0.25) is 0 Å². The minimum atomic E-state index is -0.899. The summed E-state index contributed by atoms with van der Waals surface area (Å²) in [4.78, 5) is 9.82. The van der Waals surface area contributed by atoms with Crippen LogP contribution in [-0.2, 0) is 0 Å². The van der Waals surface area contributed by atoms with Crippen molar-refractivity contribution in [2.75, 3.05) is 13.1 Å². The number of fused-ring (bicyclic) bond motifs is 3. The first-order chi connectivity index (χ1) is 11.2. The van der Waals surface area contributed by atoms with Gasteiger partial charge in [-0.25, -0.2) is 4.98 Å². The second-order valence-corrected chi connectivity index (χ2v) is 6.29. The Labute approximate surface area is 135 Å². The van der Waals surface area contributed by atoms with Crippen LogP contribution in [0.1, 0.15) is 25.3 Å². The number of likely N-dealkylation sites (tertiary alicyclic amines) is 1. The van der Waals surface area contributed by atoms with E-state index in [0.717, 1.165) is 48.1 Å². The predicted octanol–water partition coefficient (Wildman–Crippen LogP) is 2.60. The van der Waals surface area contributed by atoms with Crippen LogP contribution in [0.4, 0.5) is 0 Å². The predicted molar refractivity (Wildman–Crippen MR) is 91.8 cm³/mol. The third-order valence-corrected chi connectivity index (χ3v) is 4.72. The van der Waals surface area contributed by atoms with Crippen LogP contribution in [0, 0.1) is 5.92 Å². The Morgan fingerprint density at radius 3 is 3.17 bits per heavy atom. The van der Waals surface area contributed by atoms with E-state index in [0.29, 0.717) is 11.7 Å². The van der Waals surface area contributed by atoms with Crippen molar-refractivity contribution in [3.63, 3.8) is 0 Å². The largest absolute Gasteiger partial charge is 0.552 e. The van der Waals surface area contributed by atoms with E-state index in [4.69, 9.17) is 4.65 Å². The van der Waals surface area contributed by atoms with Crippen LogP contribution in [0.2, 0.25) is 0 Å². The molecule has 2 aromatic heterocycles. The average Bonchev–Trinajstić information content (AvgIpc) is 2.93. The van der Waals surface area contributed by atoms with Gasteiger partial charge in [-0.05, 0) is 24.0 Å². The molecule has 2 aliphatic rings. The van der Waals surface area contributed by atoms with E-state index in [9.17, 15) is 5.02 Å². The first kappa shape index (κ1) is 14.4. The molecule has 4 rings (SSSR count). The monoisotopic (exact) mass is 309 g/mol. The summed E-state index contributed by atoms with van der Waals surface area (Å²) in [6.07, 6.45) is 5.74. The van der Waals surface area contributed by atoms with Crippen molar-refractivity contribution in [3.8, 4) is 5.75 Å². The molecular weight excluding hydrogens is 289 g/mol. The molecule has 0 atom stereocenters. The molecule has 2 aromatic rings. The van der Waals surface area contributed by atoms with Crippen molar-refractivity contribution in [1.29, 1.82) is 0 Å². The molecule has 1 fully saturated rings. The molecule has 0 spiro atoms. The van der Waals surface area contributed by atoms with Gasteiger partial charge in [0.15, 0.2) is 0 Å². The van der Waals surface area contributed by atoms with Gasteiger partial charge in [0.05, 0.1) is 6.20 Å². The fourth-order valence-electron chi connectivity index (χ4n) is 3.50. The van der Waals surface area contributed by atoms with Crippen LogP contribution in [0.25, 0.3) is 16.6 Å². The summed E-state index contributed by atoms with van der Waals surface area (Å²) < 4.78 is 5.54. The van der Waals surface area contributed by atoms with Crippen molar-refractivity contribution >= 4 is 23.7 Å². The lowest BCUT2D eigenvalue weighted by molar-refractivity contribution is 0.180. The standard InChI is InChI=1S/C17H20BN3O2/c1-3-4-11(2)21-9-12(10-21)14-7-18(22)23-15-8-20-17-13(16(14)15)5-6-19-17/h5-8,12,22H,2-4,9-10H2,1H3,(H,19,20). The normalized spacial score (nSPS) is 17.6. The van der Waals surface area contributed by atoms with Gasteiger partial charge in [-0.3, -0.25) is 0 Å². The van der Waals surface area contributed by atoms with Gasteiger partial charge in [0, 0.05) is 41.9 Å². The molecule has 4 heterocycles. The summed E-state index contributed by atoms with van der Waals surface area (Å²) in [5, 5.41) is 11.1. The smallest absolute Gasteiger partial charge is 0.531 e. The summed E-state index contributed by atoms with van der Waals surface area (Å²) >= 11 is 0. The highest BCUT2D eigenvalue weighted by Gasteiger charge is 2.36. The first-order valence-corrected chi connectivity index (χ1v) is 8.13. The van der Waals surface area contributed by atoms with E-state index in [1.807, 2.05) is 18.2 Å². The average molecular weight is 309 g/mol. The number of aromatic nitrogens is 2. The fourth-order valence-corrected chi connectivity index (χ4v) is 3.50. The number of nitrogens with zero attached hydrogens (tertiary/aromatic N) is 2. The Kier molecular flexibility index (Phi) is 3.41. The third-order valence-electron chi connectivity index (χ3n) is 4.72. The summed E-state index contributed by atoms with van der Waals surface area (Å²) in [5.41, 5.74) is 4.28. The van der Waals surface area contributed by atoms with E-state index in [1.165, 1.54) is 5.70 Å². The number of H-pyrrole nitrogens is 1. The Hall–Kier alpha value is -2.21. The Morgan fingerprint density at radius 2 is 2.39 bits per heavy atom. The zero-order valence-electron chi connectivity index (χ0n) is 13.2. The van der Waals surface area contributed by atoms with Gasteiger partial charge < -0.3 is 19.6 Å². The molecule has 5 nitrogen and oxygen atoms in total. The highest BCUT2D eigenvalue weighted by molar-refractivity contribution is 6.52. The minimum absolute atomic E-state index is 0.390. The summed E-state index contributed by atoms with van der Waals surface area (Å²) in [7, 11) is -0.899. The lowest BCUT2D eigenvalue weighted by Gasteiger charge is -2.44. The van der Waals surface area contributed by atoms with Gasteiger partial charge in [-0.15, -0.1) is 0 Å². The quantitative estimate of drug-likeness (QED) is 0.852. The second-order valence-electron chi connectivity index (χ2n) is 6.29. The summed E-state index contributed by atoms with van der Waals surface area (Å²) in [5.74, 6) is 2.88. The zero-order chi connectivity index (χ0) is 16.0. The van der Waals surface area contributed by atoms with Gasteiger partial charge in [-0.1, -0.05) is 19.9 Å². The lowest BCUT2D eigenvalue weighted by atomic mass is 9.74. The molecule has 0 saturated carbocycles. The van der Waals surface area contributed by atoms with Crippen molar-refractivity contribution in [3.05, 3.63) is 42.3 Å². The maximum Gasteiger partial charge on any atom is 0.552 e. The van der Waals surface area contributed by atoms with Gasteiger partial charge >= 0.3 is 7.12 Å². The molecule has 118 valence electrons. The number of hydrogen-bond acceptors (Lipinski definition) is 4. The molecule has 0 amide bonds. The molecular formula is C17H20BN3O2. The number of nitrogens with one attached hydrogen (secondary N) is 1. The SMILES string of the molecule is C=C(CCC)N1CC(C2=CB(O)Oc3cnc4[nH]ccc4c32)C1. The van der Waals surface area contributed by atoms with Gasteiger partial charge in [0.25, 0.3) is 0 Å². The molecule has 2 N–H and O–H groups in total. The Morgan fingerprint density at radius 1 is 1.57 bits per heavy atom. The molecule has 0 aliphatic carbocycles. The van der Waals surface area contributed by atoms with Crippen LogP contribution < -0.4 is 4.65 Å². The number of allylic oxidation sites excluding steroid dienone is 1. The molecule has 23 heavy (non-hydrogen) atoms. The lowest BCUT2D eigenvalue weighted by Crippen LogP contribution is -2.46. The molecule has 2 aliphatic heterocycles. The van der Waals surface area contributed by atoms with Gasteiger partial charge in [0.1, 0.15) is 11.4 Å². The van der Waals surface area contributed by atoms with E-state index in [-0.39, 0.29) is 0 Å². The molecule has 1 saturated heterocycles. The molecule has 6 heteroatoms. The van der Waals surface area contributed by atoms with Crippen molar-refractivity contribution < 1.29 is 9.68 Å². The highest BCUT2D eigenvalue weighted by Crippen LogP contribution is 2.42. The molecule has 0 radical (unpaired) electrons. The molecule has 0 bridgehead atoms. The van der Waals surface area contributed by atoms with E-state index in [1.54, 1.807) is 6.20 Å². The van der Waals surface area contributed by atoms with Crippen LogP contribution in [0.3, 0.4) is 0 Å². The number of rotatable bonds is 4. The second kappa shape index (κ2) is 5.46. The van der Waals surface area contributed by atoms with Crippen LogP contribution in [0.15, 0.2) is 36.7 Å². The van der Waals surface area contributed by atoms with Crippen molar-refractivity contribution in [2.24, 2.45) is 5.92 Å². The maximum absolute atomic E-state index is 10.0. The summed E-state index contributed by atoms with van der Waals surface area (Å²) in [6, 6.07) is 2.02. The Bertz CT molecular complexity index is 792. The van der Waals surface area contributed by atoms with E-state index < -0.39 is 7.12 Å². The number of aromatic amines is 1. The van der Waals surface area contributed by atoms with Crippen LogP contribution in [-0.4, -0.2) is 40.1 Å². The zero-order valence-corrected chi connectivity index (χ0v) is 13.2. The topological polar surface area (TPSA) is 61.4 Å². The van der Waals surface area contributed by atoms with Crippen LogP contribution in [0.5, 0.6) is 5.75 Å². The van der Waals surface area contributed by atoms with Crippen molar-refractivity contribution in [2.45, 2.75) is 19.8 Å². The van der Waals surface area contributed by atoms with Crippen LogP contribution >= 0.6 is 0 Å². The first-order valence-electron chi connectivity index (χ1n) is 8.13. The molecule has 0 unspecified atom stereocenters. The highest BCUT2D eigenvalue weighted by atomic mass is 16.5. The number of pyridine rings is 1. The number of hydrogen-bond donors (Lipinski definition) is 2. The van der Waals surface area contributed by atoms with Crippen molar-refractivity contribution in [1.82, 2.24) is 14.9 Å².